The monoisotopic (exact) mass is 481 g/mol. The summed E-state index contributed by atoms with van der Waals surface area (Å²) in [5.74, 6) is 0.600. The highest BCUT2D eigenvalue weighted by atomic mass is 16.3. The standard InChI is InChI=1S/C29H31N5O2/c1-20-11-13-30-21(2)27(20)29(35)33-17-22-6-3-7-23(16-22)18-34(19-26-31-14-15-36-26)25-10-4-8-24-9-5-12-32-28(24)25/h3,5-7,9,11-16,25H,4,8,10,17-19H2,1-2H3,(H,33,35). The number of oxazole rings is 1. The molecule has 7 heteroatoms. The number of benzene rings is 1. The Morgan fingerprint density at radius 3 is 2.75 bits per heavy atom. The van der Waals surface area contributed by atoms with Crippen LogP contribution in [0.25, 0.3) is 0 Å². The number of nitrogens with zero attached hydrogens (tertiary/aromatic N) is 4. The summed E-state index contributed by atoms with van der Waals surface area (Å²) in [5, 5.41) is 3.06. The molecule has 1 aromatic carbocycles. The average molecular weight is 482 g/mol. The summed E-state index contributed by atoms with van der Waals surface area (Å²) < 4.78 is 5.60. The Hall–Kier alpha value is -3.84. The second kappa shape index (κ2) is 10.8. The number of aryl methyl sites for hydroxylation is 3. The molecule has 0 aliphatic heterocycles. The number of pyridine rings is 2. The molecule has 7 nitrogen and oxygen atoms in total. The van der Waals surface area contributed by atoms with E-state index < -0.39 is 0 Å². The first kappa shape index (κ1) is 23.9. The topological polar surface area (TPSA) is 84.2 Å². The van der Waals surface area contributed by atoms with Crippen molar-refractivity contribution >= 4 is 5.91 Å². The molecule has 1 N–H and O–H groups in total. The quantitative estimate of drug-likeness (QED) is 0.377. The molecule has 0 spiro atoms. The van der Waals surface area contributed by atoms with Crippen LogP contribution in [-0.4, -0.2) is 25.8 Å². The van der Waals surface area contributed by atoms with E-state index in [0.717, 1.165) is 48.3 Å². The van der Waals surface area contributed by atoms with Crippen molar-refractivity contribution in [2.75, 3.05) is 0 Å². The van der Waals surface area contributed by atoms with Crippen molar-refractivity contribution in [3.05, 3.63) is 112 Å². The van der Waals surface area contributed by atoms with Crippen molar-refractivity contribution in [2.45, 2.75) is 58.8 Å². The molecule has 36 heavy (non-hydrogen) atoms. The molecule has 1 atom stereocenters. The Bertz CT molecular complexity index is 1320. The Morgan fingerprint density at radius 1 is 1.03 bits per heavy atom. The molecule has 1 unspecified atom stereocenters. The third kappa shape index (κ3) is 5.36. The minimum Gasteiger partial charge on any atom is -0.448 e. The fourth-order valence-electron chi connectivity index (χ4n) is 5.10. The molecular weight excluding hydrogens is 450 g/mol. The second-order valence-electron chi connectivity index (χ2n) is 9.38. The van der Waals surface area contributed by atoms with Crippen LogP contribution in [0.5, 0.6) is 0 Å². The molecule has 1 amide bonds. The third-order valence-corrected chi connectivity index (χ3v) is 6.83. The Balaban J connectivity index is 1.33. The number of carbonyl (C=O) groups excluding carboxylic acids is 1. The molecule has 0 fully saturated rings. The van der Waals surface area contributed by atoms with Gasteiger partial charge in [-0.3, -0.25) is 19.7 Å². The Labute approximate surface area is 211 Å². The van der Waals surface area contributed by atoms with E-state index in [1.165, 1.54) is 11.1 Å². The number of carbonyl (C=O) groups is 1. The highest BCUT2D eigenvalue weighted by Crippen LogP contribution is 2.34. The lowest BCUT2D eigenvalue weighted by molar-refractivity contribution is 0.0949. The summed E-state index contributed by atoms with van der Waals surface area (Å²) in [7, 11) is 0. The van der Waals surface area contributed by atoms with Crippen molar-refractivity contribution in [1.29, 1.82) is 0 Å². The fraction of sp³-hybridized carbons (Fsp3) is 0.310. The van der Waals surface area contributed by atoms with Gasteiger partial charge in [0, 0.05) is 25.5 Å². The predicted molar refractivity (Wildman–Crippen MR) is 137 cm³/mol. The van der Waals surface area contributed by atoms with Gasteiger partial charge in [0.15, 0.2) is 0 Å². The lowest BCUT2D eigenvalue weighted by Crippen LogP contribution is -2.31. The van der Waals surface area contributed by atoms with E-state index in [1.807, 2.05) is 44.3 Å². The largest absolute Gasteiger partial charge is 0.448 e. The van der Waals surface area contributed by atoms with Crippen LogP contribution in [0.4, 0.5) is 0 Å². The molecule has 0 radical (unpaired) electrons. The molecule has 0 saturated heterocycles. The van der Waals surface area contributed by atoms with Gasteiger partial charge in [-0.25, -0.2) is 4.98 Å². The summed E-state index contributed by atoms with van der Waals surface area (Å²) >= 11 is 0. The summed E-state index contributed by atoms with van der Waals surface area (Å²) in [5.41, 5.74) is 7.02. The SMILES string of the molecule is Cc1ccnc(C)c1C(=O)NCc1cccc(CN(Cc2ncco2)C2CCCc3cccnc32)c1. The maximum Gasteiger partial charge on any atom is 0.253 e. The van der Waals surface area contributed by atoms with Crippen LogP contribution in [0, 0.1) is 13.8 Å². The molecule has 0 bridgehead atoms. The highest BCUT2D eigenvalue weighted by Gasteiger charge is 2.28. The summed E-state index contributed by atoms with van der Waals surface area (Å²) in [6, 6.07) is 14.7. The molecule has 184 valence electrons. The zero-order chi connectivity index (χ0) is 24.9. The minimum atomic E-state index is -0.0982. The smallest absolute Gasteiger partial charge is 0.253 e. The zero-order valence-corrected chi connectivity index (χ0v) is 20.8. The van der Waals surface area contributed by atoms with E-state index in [4.69, 9.17) is 9.40 Å². The summed E-state index contributed by atoms with van der Waals surface area (Å²) in [6.45, 7) is 5.59. The maximum absolute atomic E-state index is 12.8. The first-order valence-electron chi connectivity index (χ1n) is 12.4. The first-order valence-corrected chi connectivity index (χ1v) is 12.4. The molecule has 1 aliphatic carbocycles. The van der Waals surface area contributed by atoms with Crippen LogP contribution in [0.3, 0.4) is 0 Å². The van der Waals surface area contributed by atoms with Gasteiger partial charge in [-0.2, -0.15) is 0 Å². The van der Waals surface area contributed by atoms with Crippen molar-refractivity contribution in [3.63, 3.8) is 0 Å². The molecule has 5 rings (SSSR count). The molecular formula is C29H31N5O2. The number of rotatable bonds is 8. The van der Waals surface area contributed by atoms with Crippen LogP contribution in [0.15, 0.2) is 71.7 Å². The Morgan fingerprint density at radius 2 is 1.92 bits per heavy atom. The Kier molecular flexibility index (Phi) is 7.18. The molecule has 3 heterocycles. The van der Waals surface area contributed by atoms with Gasteiger partial charge in [-0.15, -0.1) is 0 Å². The third-order valence-electron chi connectivity index (χ3n) is 6.83. The van der Waals surface area contributed by atoms with Crippen molar-refractivity contribution in [3.8, 4) is 0 Å². The number of hydrogen-bond acceptors (Lipinski definition) is 6. The van der Waals surface area contributed by atoms with E-state index >= 15 is 0 Å². The molecule has 4 aromatic rings. The van der Waals surface area contributed by atoms with Gasteiger partial charge in [-0.1, -0.05) is 30.3 Å². The lowest BCUT2D eigenvalue weighted by Gasteiger charge is -2.34. The van der Waals surface area contributed by atoms with Crippen molar-refractivity contribution < 1.29 is 9.21 Å². The van der Waals surface area contributed by atoms with Crippen molar-refractivity contribution in [1.82, 2.24) is 25.2 Å². The number of hydrogen-bond donors (Lipinski definition) is 1. The van der Waals surface area contributed by atoms with E-state index in [-0.39, 0.29) is 11.9 Å². The summed E-state index contributed by atoms with van der Waals surface area (Å²) in [6.07, 6.45) is 10.2. The maximum atomic E-state index is 12.8. The first-order chi connectivity index (χ1) is 17.6. The van der Waals surface area contributed by atoms with Gasteiger partial charge >= 0.3 is 0 Å². The average Bonchev–Trinajstić information content (AvgIpc) is 3.40. The van der Waals surface area contributed by atoms with Crippen LogP contribution in [0.1, 0.15) is 68.8 Å². The van der Waals surface area contributed by atoms with Crippen LogP contribution in [-0.2, 0) is 26.1 Å². The highest BCUT2D eigenvalue weighted by molar-refractivity contribution is 5.96. The number of fused-ring (bicyclic) bond motifs is 1. The lowest BCUT2D eigenvalue weighted by atomic mass is 9.90. The normalized spacial score (nSPS) is 15.0. The van der Waals surface area contributed by atoms with E-state index in [0.29, 0.717) is 24.5 Å². The van der Waals surface area contributed by atoms with E-state index in [9.17, 15) is 4.79 Å². The summed E-state index contributed by atoms with van der Waals surface area (Å²) in [4.78, 5) is 28.6. The van der Waals surface area contributed by atoms with Crippen LogP contribution in [0.2, 0.25) is 0 Å². The van der Waals surface area contributed by atoms with Crippen LogP contribution >= 0.6 is 0 Å². The number of nitrogens with one attached hydrogen (secondary N) is 1. The second-order valence-corrected chi connectivity index (χ2v) is 9.38. The zero-order valence-electron chi connectivity index (χ0n) is 20.8. The fourth-order valence-corrected chi connectivity index (χ4v) is 5.10. The van der Waals surface area contributed by atoms with Gasteiger partial charge < -0.3 is 9.73 Å². The van der Waals surface area contributed by atoms with Crippen molar-refractivity contribution in [2.24, 2.45) is 0 Å². The number of aromatic nitrogens is 3. The predicted octanol–water partition coefficient (Wildman–Crippen LogP) is 5.09. The molecule has 1 aliphatic rings. The minimum absolute atomic E-state index is 0.0982. The number of amides is 1. The van der Waals surface area contributed by atoms with Gasteiger partial charge in [0.1, 0.15) is 6.26 Å². The van der Waals surface area contributed by atoms with Gasteiger partial charge in [-0.05, 0) is 67.5 Å². The van der Waals surface area contributed by atoms with Gasteiger partial charge in [0.05, 0.1) is 35.7 Å². The van der Waals surface area contributed by atoms with Crippen LogP contribution < -0.4 is 5.32 Å². The molecule has 0 saturated carbocycles. The molecule has 3 aromatic heterocycles. The van der Waals surface area contributed by atoms with E-state index in [2.05, 4.69) is 38.4 Å². The van der Waals surface area contributed by atoms with E-state index in [1.54, 1.807) is 18.7 Å². The van der Waals surface area contributed by atoms with Gasteiger partial charge in [0.25, 0.3) is 5.91 Å². The van der Waals surface area contributed by atoms with Gasteiger partial charge in [0.2, 0.25) is 5.89 Å².